The largest absolute Gasteiger partial charge is 0.495 e. The van der Waals surface area contributed by atoms with Crippen molar-refractivity contribution in [1.82, 2.24) is 0 Å². The van der Waals surface area contributed by atoms with Gasteiger partial charge in [0.05, 0.1) is 18.5 Å². The number of nitrogens with one attached hydrogen (secondary N) is 1. The molecule has 2 aromatic rings. The Morgan fingerprint density at radius 2 is 1.93 bits per heavy atom. The standard InChI is InChI=1S/C20H23N3O4S/c1-13(2)12-23-14(3)22-28(25,26)19-11-15(9-10-17(19)23)20(24)21-16-7-5-6-8-18(16)27-4/h5-11,13H,12H2,1-4H3,(H,21,24). The number of amidine groups is 1. The van der Waals surface area contributed by atoms with E-state index in [1.54, 1.807) is 43.3 Å². The van der Waals surface area contributed by atoms with Crippen molar-refractivity contribution in [3.05, 3.63) is 48.0 Å². The van der Waals surface area contributed by atoms with Gasteiger partial charge in [0, 0.05) is 12.1 Å². The molecule has 28 heavy (non-hydrogen) atoms. The lowest BCUT2D eigenvalue weighted by Crippen LogP contribution is -2.36. The Labute approximate surface area is 165 Å². The minimum atomic E-state index is -3.86. The van der Waals surface area contributed by atoms with Crippen molar-refractivity contribution >= 4 is 33.1 Å². The van der Waals surface area contributed by atoms with Crippen molar-refractivity contribution in [3.63, 3.8) is 0 Å². The molecule has 0 radical (unpaired) electrons. The zero-order valence-corrected chi connectivity index (χ0v) is 17.1. The summed E-state index contributed by atoms with van der Waals surface area (Å²) in [4.78, 5) is 14.6. The molecule has 0 aliphatic carbocycles. The molecule has 0 spiro atoms. The first kappa shape index (κ1) is 19.9. The summed E-state index contributed by atoms with van der Waals surface area (Å²) in [5.41, 5.74) is 1.27. The molecule has 0 saturated carbocycles. The van der Waals surface area contributed by atoms with E-state index in [0.717, 1.165) is 0 Å². The maximum atomic E-state index is 12.7. The number of fused-ring (bicyclic) bond motifs is 1. The highest BCUT2D eigenvalue weighted by atomic mass is 32.2. The highest BCUT2D eigenvalue weighted by Crippen LogP contribution is 2.33. The molecule has 0 saturated heterocycles. The van der Waals surface area contributed by atoms with Crippen LogP contribution in [0, 0.1) is 5.92 Å². The number of sulfonamides is 1. The molecule has 1 N–H and O–H groups in total. The van der Waals surface area contributed by atoms with Crippen molar-refractivity contribution in [1.29, 1.82) is 0 Å². The van der Waals surface area contributed by atoms with E-state index in [4.69, 9.17) is 4.74 Å². The maximum Gasteiger partial charge on any atom is 0.286 e. The molecular weight excluding hydrogens is 378 g/mol. The molecule has 0 fully saturated rings. The van der Waals surface area contributed by atoms with Crippen molar-refractivity contribution in [3.8, 4) is 5.75 Å². The normalized spacial score (nSPS) is 15.0. The number of anilines is 2. The van der Waals surface area contributed by atoms with Crippen LogP contribution in [-0.4, -0.2) is 33.8 Å². The minimum absolute atomic E-state index is 0.0337. The number of ether oxygens (including phenoxy) is 1. The van der Waals surface area contributed by atoms with E-state index in [0.29, 0.717) is 35.4 Å². The van der Waals surface area contributed by atoms with Crippen LogP contribution in [0.2, 0.25) is 0 Å². The first-order valence-corrected chi connectivity index (χ1v) is 10.3. The van der Waals surface area contributed by atoms with Crippen molar-refractivity contribution in [2.75, 3.05) is 23.9 Å². The van der Waals surface area contributed by atoms with Gasteiger partial charge in [-0.15, -0.1) is 4.40 Å². The molecule has 7 nitrogen and oxygen atoms in total. The summed E-state index contributed by atoms with van der Waals surface area (Å²) in [5.74, 6) is 0.827. The minimum Gasteiger partial charge on any atom is -0.495 e. The third kappa shape index (κ3) is 3.87. The number of rotatable bonds is 5. The van der Waals surface area contributed by atoms with E-state index in [-0.39, 0.29) is 10.5 Å². The fourth-order valence-electron chi connectivity index (χ4n) is 3.07. The van der Waals surface area contributed by atoms with Crippen LogP contribution in [0.4, 0.5) is 11.4 Å². The second kappa shape index (κ2) is 7.63. The van der Waals surface area contributed by atoms with Crippen LogP contribution in [0.25, 0.3) is 0 Å². The lowest BCUT2D eigenvalue weighted by atomic mass is 10.1. The average molecular weight is 401 g/mol. The fraction of sp³-hybridized carbons (Fsp3) is 0.300. The van der Waals surface area contributed by atoms with E-state index in [1.165, 1.54) is 13.2 Å². The van der Waals surface area contributed by atoms with Crippen LogP contribution in [0.15, 0.2) is 51.8 Å². The van der Waals surface area contributed by atoms with Gasteiger partial charge >= 0.3 is 0 Å². The molecule has 1 aliphatic heterocycles. The summed E-state index contributed by atoms with van der Waals surface area (Å²) in [6, 6.07) is 11.7. The summed E-state index contributed by atoms with van der Waals surface area (Å²) in [5, 5.41) is 2.76. The number of carbonyl (C=O) groups is 1. The lowest BCUT2D eigenvalue weighted by molar-refractivity contribution is 0.102. The summed E-state index contributed by atoms with van der Waals surface area (Å²) in [6.45, 7) is 6.39. The van der Waals surface area contributed by atoms with Gasteiger partial charge in [0.2, 0.25) is 0 Å². The Morgan fingerprint density at radius 1 is 1.21 bits per heavy atom. The van der Waals surface area contributed by atoms with E-state index < -0.39 is 15.9 Å². The number of benzene rings is 2. The number of hydrogen-bond donors (Lipinski definition) is 1. The average Bonchev–Trinajstić information content (AvgIpc) is 2.64. The fourth-order valence-corrected chi connectivity index (χ4v) is 4.33. The van der Waals surface area contributed by atoms with Crippen molar-refractivity contribution < 1.29 is 17.9 Å². The highest BCUT2D eigenvalue weighted by Gasteiger charge is 2.30. The number of hydrogen-bond acceptors (Lipinski definition) is 5. The van der Waals surface area contributed by atoms with Gasteiger partial charge < -0.3 is 15.0 Å². The molecule has 8 heteroatoms. The molecule has 148 valence electrons. The second-order valence-electron chi connectivity index (χ2n) is 6.95. The number of para-hydroxylation sites is 2. The SMILES string of the molecule is COc1ccccc1NC(=O)c1ccc2c(c1)S(=O)(=O)N=C(C)N2CC(C)C. The molecule has 3 rings (SSSR count). The summed E-state index contributed by atoms with van der Waals surface area (Å²) >= 11 is 0. The zero-order valence-electron chi connectivity index (χ0n) is 16.3. The molecule has 0 unspecified atom stereocenters. The third-order valence-corrected chi connectivity index (χ3v) is 5.72. The summed E-state index contributed by atoms with van der Waals surface area (Å²) < 4.78 is 34.3. The number of carbonyl (C=O) groups excluding carboxylic acids is 1. The predicted molar refractivity (Wildman–Crippen MR) is 110 cm³/mol. The molecule has 0 aromatic heterocycles. The van der Waals surface area contributed by atoms with Gasteiger partial charge in [-0.3, -0.25) is 4.79 Å². The second-order valence-corrected chi connectivity index (χ2v) is 8.53. The first-order chi connectivity index (χ1) is 13.2. The molecule has 0 atom stereocenters. The van der Waals surface area contributed by atoms with Gasteiger partial charge in [-0.25, -0.2) is 0 Å². The number of methoxy groups -OCH3 is 1. The van der Waals surface area contributed by atoms with Crippen LogP contribution in [0.1, 0.15) is 31.1 Å². The molecule has 1 heterocycles. The van der Waals surface area contributed by atoms with E-state index >= 15 is 0 Å². The van der Waals surface area contributed by atoms with Crippen LogP contribution in [0.3, 0.4) is 0 Å². The molecule has 0 bridgehead atoms. The summed E-state index contributed by atoms with van der Waals surface area (Å²) in [6.07, 6.45) is 0. The Kier molecular flexibility index (Phi) is 5.42. The maximum absolute atomic E-state index is 12.7. The number of nitrogens with zero attached hydrogens (tertiary/aromatic N) is 2. The Balaban J connectivity index is 1.98. The van der Waals surface area contributed by atoms with Gasteiger partial charge in [-0.2, -0.15) is 8.42 Å². The van der Waals surface area contributed by atoms with E-state index in [2.05, 4.69) is 9.71 Å². The van der Waals surface area contributed by atoms with Crippen LogP contribution in [-0.2, 0) is 10.0 Å². The molecule has 2 aromatic carbocycles. The number of amides is 1. The quantitative estimate of drug-likeness (QED) is 0.828. The Bertz CT molecular complexity index is 1050. The smallest absolute Gasteiger partial charge is 0.286 e. The summed E-state index contributed by atoms with van der Waals surface area (Å²) in [7, 11) is -2.35. The van der Waals surface area contributed by atoms with Crippen LogP contribution >= 0.6 is 0 Å². The predicted octanol–water partition coefficient (Wildman–Crippen LogP) is 3.53. The van der Waals surface area contributed by atoms with Gasteiger partial charge in [0.1, 0.15) is 16.5 Å². The molecule has 1 aliphatic rings. The molecular formula is C20H23N3O4S. The van der Waals surface area contributed by atoms with Gasteiger partial charge in [0.15, 0.2) is 0 Å². The van der Waals surface area contributed by atoms with E-state index in [1.807, 2.05) is 18.7 Å². The van der Waals surface area contributed by atoms with Gasteiger partial charge in [-0.1, -0.05) is 26.0 Å². The van der Waals surface area contributed by atoms with Crippen LogP contribution in [0.5, 0.6) is 5.75 Å². The lowest BCUT2D eigenvalue weighted by Gasteiger charge is -2.30. The molecule has 1 amide bonds. The topological polar surface area (TPSA) is 88.1 Å². The Hall–Kier alpha value is -2.87. The monoisotopic (exact) mass is 401 g/mol. The zero-order chi connectivity index (χ0) is 20.5. The Morgan fingerprint density at radius 3 is 2.61 bits per heavy atom. The van der Waals surface area contributed by atoms with E-state index in [9.17, 15) is 13.2 Å². The van der Waals surface area contributed by atoms with Gasteiger partial charge in [0.25, 0.3) is 15.9 Å². The van der Waals surface area contributed by atoms with Crippen molar-refractivity contribution in [2.45, 2.75) is 25.7 Å². The van der Waals surface area contributed by atoms with Gasteiger partial charge in [-0.05, 0) is 43.2 Å². The highest BCUT2D eigenvalue weighted by molar-refractivity contribution is 7.90. The van der Waals surface area contributed by atoms with Crippen LogP contribution < -0.4 is 15.0 Å². The van der Waals surface area contributed by atoms with Crippen molar-refractivity contribution in [2.24, 2.45) is 10.3 Å². The first-order valence-electron chi connectivity index (χ1n) is 8.90. The third-order valence-electron chi connectivity index (χ3n) is 4.34.